The first-order valence-electron chi connectivity index (χ1n) is 7.47. The number of aliphatic hydroxyl groups excluding tert-OH is 1. The van der Waals surface area contributed by atoms with E-state index in [1.807, 2.05) is 6.07 Å². The van der Waals surface area contributed by atoms with E-state index in [2.05, 4.69) is 17.4 Å². The summed E-state index contributed by atoms with van der Waals surface area (Å²) in [5.74, 6) is -0.225. The van der Waals surface area contributed by atoms with Gasteiger partial charge in [-0.1, -0.05) is 30.3 Å². The van der Waals surface area contributed by atoms with Crippen LogP contribution in [0.5, 0.6) is 0 Å². The fourth-order valence-corrected chi connectivity index (χ4v) is 2.87. The molecule has 1 aliphatic rings. The second kappa shape index (κ2) is 6.37. The summed E-state index contributed by atoms with van der Waals surface area (Å²) in [6.45, 7) is 1.12. The fraction of sp³-hybridized carbons (Fsp3) is 0.333. The molecule has 0 amide bonds. The smallest absolute Gasteiger partial charge is 0.123 e. The molecular formula is C18H20FNO. The molecule has 0 saturated carbocycles. The zero-order chi connectivity index (χ0) is 14.7. The third kappa shape index (κ3) is 3.49. The molecule has 110 valence electrons. The van der Waals surface area contributed by atoms with E-state index in [4.69, 9.17) is 0 Å². The number of nitrogens with one attached hydrogen (secondary N) is 1. The molecule has 2 aromatic carbocycles. The lowest BCUT2D eigenvalue weighted by Gasteiger charge is -2.14. The maximum Gasteiger partial charge on any atom is 0.123 e. The van der Waals surface area contributed by atoms with Crippen molar-refractivity contribution in [2.75, 3.05) is 6.54 Å². The molecule has 0 fully saturated rings. The highest BCUT2D eigenvalue weighted by Gasteiger charge is 2.14. The number of rotatable bonds is 5. The molecule has 1 unspecified atom stereocenters. The van der Waals surface area contributed by atoms with Crippen LogP contribution in [0.1, 0.15) is 34.8 Å². The van der Waals surface area contributed by atoms with E-state index >= 15 is 0 Å². The molecule has 0 bridgehead atoms. The summed E-state index contributed by atoms with van der Waals surface area (Å²) in [5, 5.41) is 13.5. The van der Waals surface area contributed by atoms with Gasteiger partial charge in [0, 0.05) is 13.1 Å². The molecule has 0 aliphatic heterocycles. The number of hydrogen-bond acceptors (Lipinski definition) is 2. The highest BCUT2D eigenvalue weighted by Crippen LogP contribution is 2.25. The van der Waals surface area contributed by atoms with Crippen LogP contribution in [0.25, 0.3) is 0 Å². The maximum atomic E-state index is 12.8. The van der Waals surface area contributed by atoms with Gasteiger partial charge in [-0.25, -0.2) is 4.39 Å². The van der Waals surface area contributed by atoms with Crippen LogP contribution in [-0.2, 0) is 19.4 Å². The van der Waals surface area contributed by atoms with Crippen molar-refractivity contribution < 1.29 is 9.50 Å². The first kappa shape index (κ1) is 14.2. The molecule has 2 nitrogen and oxygen atoms in total. The van der Waals surface area contributed by atoms with Gasteiger partial charge in [-0.2, -0.15) is 0 Å². The molecule has 0 aromatic heterocycles. The van der Waals surface area contributed by atoms with Crippen LogP contribution in [0, 0.1) is 5.82 Å². The molecule has 0 radical (unpaired) electrons. The third-order valence-electron chi connectivity index (χ3n) is 4.09. The van der Waals surface area contributed by atoms with Crippen LogP contribution >= 0.6 is 0 Å². The summed E-state index contributed by atoms with van der Waals surface area (Å²) in [4.78, 5) is 0. The van der Waals surface area contributed by atoms with Crippen LogP contribution in [0.3, 0.4) is 0 Å². The van der Waals surface area contributed by atoms with Crippen molar-refractivity contribution in [1.82, 2.24) is 5.32 Å². The second-order valence-electron chi connectivity index (χ2n) is 5.65. The quantitative estimate of drug-likeness (QED) is 0.884. The number of benzene rings is 2. The fourth-order valence-electron chi connectivity index (χ4n) is 2.87. The molecule has 0 heterocycles. The Morgan fingerprint density at radius 2 is 1.81 bits per heavy atom. The minimum absolute atomic E-state index is 0.225. The lowest BCUT2D eigenvalue weighted by atomic mass is 10.0. The summed E-state index contributed by atoms with van der Waals surface area (Å²) >= 11 is 0. The zero-order valence-corrected chi connectivity index (χ0v) is 12.0. The van der Waals surface area contributed by atoms with Crippen molar-refractivity contribution in [2.24, 2.45) is 0 Å². The standard InChI is InChI=1S/C18H20FNO/c19-17-8-4-13(5-9-17)11-20-12-18(21)16-7-6-14-2-1-3-15(14)10-16/h4-10,18,20-21H,1-3,11-12H2. The van der Waals surface area contributed by atoms with Crippen molar-refractivity contribution >= 4 is 0 Å². The van der Waals surface area contributed by atoms with E-state index in [0.717, 1.165) is 24.0 Å². The molecule has 1 aliphatic carbocycles. The van der Waals surface area contributed by atoms with Gasteiger partial charge in [0.05, 0.1) is 6.10 Å². The van der Waals surface area contributed by atoms with Crippen molar-refractivity contribution in [1.29, 1.82) is 0 Å². The van der Waals surface area contributed by atoms with Crippen LogP contribution < -0.4 is 5.32 Å². The van der Waals surface area contributed by atoms with Crippen molar-refractivity contribution in [3.05, 3.63) is 70.5 Å². The number of hydrogen-bond donors (Lipinski definition) is 2. The monoisotopic (exact) mass is 285 g/mol. The third-order valence-corrected chi connectivity index (χ3v) is 4.09. The Labute approximate surface area is 124 Å². The Balaban J connectivity index is 1.54. The van der Waals surface area contributed by atoms with Gasteiger partial charge in [0.25, 0.3) is 0 Å². The molecule has 2 N–H and O–H groups in total. The van der Waals surface area contributed by atoms with Gasteiger partial charge in [0.1, 0.15) is 5.82 Å². The lowest BCUT2D eigenvalue weighted by molar-refractivity contribution is 0.174. The van der Waals surface area contributed by atoms with Gasteiger partial charge in [0.15, 0.2) is 0 Å². The Kier molecular flexibility index (Phi) is 4.32. The topological polar surface area (TPSA) is 32.3 Å². The summed E-state index contributed by atoms with van der Waals surface area (Å²) in [5.41, 5.74) is 4.79. The summed E-state index contributed by atoms with van der Waals surface area (Å²) in [7, 11) is 0. The largest absolute Gasteiger partial charge is 0.387 e. The Morgan fingerprint density at radius 3 is 2.62 bits per heavy atom. The first-order valence-corrected chi connectivity index (χ1v) is 7.47. The number of halogens is 1. The normalized spacial score (nSPS) is 15.0. The molecule has 3 heteroatoms. The van der Waals surface area contributed by atoms with Crippen LogP contribution in [0.4, 0.5) is 4.39 Å². The average molecular weight is 285 g/mol. The van der Waals surface area contributed by atoms with Crippen molar-refractivity contribution in [3.8, 4) is 0 Å². The van der Waals surface area contributed by atoms with E-state index < -0.39 is 6.10 Å². The minimum Gasteiger partial charge on any atom is -0.387 e. The minimum atomic E-state index is -0.503. The second-order valence-corrected chi connectivity index (χ2v) is 5.65. The Bertz CT molecular complexity index is 609. The first-order chi connectivity index (χ1) is 10.2. The SMILES string of the molecule is OC(CNCc1ccc(F)cc1)c1ccc2c(c1)CCC2. The number of fused-ring (bicyclic) bond motifs is 1. The van der Waals surface area contributed by atoms with Crippen molar-refractivity contribution in [3.63, 3.8) is 0 Å². The predicted octanol–water partition coefficient (Wildman–Crippen LogP) is 3.14. The zero-order valence-electron chi connectivity index (χ0n) is 12.0. The molecular weight excluding hydrogens is 265 g/mol. The predicted molar refractivity (Wildman–Crippen MR) is 81.5 cm³/mol. The molecule has 1 atom stereocenters. The maximum absolute atomic E-state index is 12.8. The molecule has 3 rings (SSSR count). The highest BCUT2D eigenvalue weighted by atomic mass is 19.1. The van der Waals surface area contributed by atoms with Gasteiger partial charge < -0.3 is 10.4 Å². The van der Waals surface area contributed by atoms with E-state index in [-0.39, 0.29) is 5.82 Å². The summed E-state index contributed by atoms with van der Waals surface area (Å²) in [6, 6.07) is 12.7. The Morgan fingerprint density at radius 1 is 1.05 bits per heavy atom. The van der Waals surface area contributed by atoms with Gasteiger partial charge >= 0.3 is 0 Å². The summed E-state index contributed by atoms with van der Waals surface area (Å²) in [6.07, 6.45) is 3.00. The van der Waals surface area contributed by atoms with Crippen LogP contribution in [0.2, 0.25) is 0 Å². The number of aryl methyl sites for hydroxylation is 2. The van der Waals surface area contributed by atoms with E-state index in [0.29, 0.717) is 13.1 Å². The lowest BCUT2D eigenvalue weighted by Crippen LogP contribution is -2.21. The van der Waals surface area contributed by atoms with Gasteiger partial charge in [-0.15, -0.1) is 0 Å². The molecule has 2 aromatic rings. The molecule has 21 heavy (non-hydrogen) atoms. The van der Waals surface area contributed by atoms with Gasteiger partial charge in [-0.05, 0) is 53.6 Å². The van der Waals surface area contributed by atoms with Crippen LogP contribution in [0.15, 0.2) is 42.5 Å². The Hall–Kier alpha value is -1.71. The average Bonchev–Trinajstić information content (AvgIpc) is 2.96. The van der Waals surface area contributed by atoms with Gasteiger partial charge in [-0.3, -0.25) is 0 Å². The van der Waals surface area contributed by atoms with Crippen molar-refractivity contribution in [2.45, 2.75) is 31.9 Å². The number of aliphatic hydroxyl groups is 1. The van der Waals surface area contributed by atoms with E-state index in [9.17, 15) is 9.50 Å². The van der Waals surface area contributed by atoms with E-state index in [1.165, 1.54) is 29.7 Å². The molecule has 0 saturated heterocycles. The van der Waals surface area contributed by atoms with Crippen LogP contribution in [-0.4, -0.2) is 11.7 Å². The highest BCUT2D eigenvalue weighted by molar-refractivity contribution is 5.36. The van der Waals surface area contributed by atoms with Gasteiger partial charge in [0.2, 0.25) is 0 Å². The van der Waals surface area contributed by atoms with E-state index in [1.54, 1.807) is 12.1 Å². The summed E-state index contributed by atoms with van der Waals surface area (Å²) < 4.78 is 12.8. The molecule has 0 spiro atoms.